The van der Waals surface area contributed by atoms with Crippen molar-refractivity contribution >= 4 is 22.6 Å². The molecule has 3 N–H and O–H groups in total. The lowest BCUT2D eigenvalue weighted by Crippen LogP contribution is -2.53. The molecule has 0 aliphatic carbocycles. The molecular weight excluding hydrogens is 485 g/mol. The highest BCUT2D eigenvalue weighted by atomic mass is 19.4. The van der Waals surface area contributed by atoms with Crippen LogP contribution < -0.4 is 22.1 Å². The summed E-state index contributed by atoms with van der Waals surface area (Å²) in [6.45, 7) is 1.44. The molecule has 0 saturated heterocycles. The molecule has 2 heterocycles. The van der Waals surface area contributed by atoms with E-state index < -0.39 is 71.3 Å². The number of ketones is 1. The average Bonchev–Trinajstić information content (AvgIpc) is 2.81. The number of benzene rings is 1. The maximum Gasteiger partial charge on any atom is 0.416 e. The number of H-pyrrole nitrogens is 1. The smallest absolute Gasteiger partial charge is 0.382 e. The van der Waals surface area contributed by atoms with Crippen LogP contribution in [0.15, 0.2) is 57.0 Å². The van der Waals surface area contributed by atoms with Crippen LogP contribution in [-0.2, 0) is 17.9 Å². The van der Waals surface area contributed by atoms with Gasteiger partial charge in [-0.15, -0.1) is 0 Å². The number of nitrogens with one attached hydrogen (secondary N) is 2. The number of carbonyl (C=O) groups excluding carboxylic acids is 2. The number of Topliss-reactive ketones (excluding diaryl/α,β-unsaturated/α-hetero) is 1. The van der Waals surface area contributed by atoms with Gasteiger partial charge >= 0.3 is 11.9 Å². The van der Waals surface area contributed by atoms with E-state index in [2.05, 4.69) is 10.3 Å². The Morgan fingerprint density at radius 3 is 2.25 bits per heavy atom. The van der Waals surface area contributed by atoms with Crippen molar-refractivity contribution in [2.45, 2.75) is 45.3 Å². The van der Waals surface area contributed by atoms with Gasteiger partial charge in [-0.3, -0.25) is 23.7 Å². The number of amides is 1. The monoisotopic (exact) mass is 508 g/mol. The highest BCUT2D eigenvalue weighted by Gasteiger charge is 2.45. The lowest BCUT2D eigenvalue weighted by molar-refractivity contribution is -0.215. The van der Waals surface area contributed by atoms with Crippen LogP contribution in [0, 0.1) is 5.92 Å². The predicted octanol–water partition coefficient (Wildman–Crippen LogP) is 0.798. The number of aromatic nitrogens is 3. The predicted molar refractivity (Wildman–Crippen MR) is 123 cm³/mol. The highest BCUT2D eigenvalue weighted by Crippen LogP contribution is 2.25. The third kappa shape index (κ3) is 5.62. The van der Waals surface area contributed by atoms with Gasteiger partial charge in [-0.2, -0.15) is 13.2 Å². The zero-order valence-electron chi connectivity index (χ0n) is 19.2. The first-order valence-electron chi connectivity index (χ1n) is 10.8. The molecule has 0 saturated carbocycles. The summed E-state index contributed by atoms with van der Waals surface area (Å²) in [4.78, 5) is 65.1. The van der Waals surface area contributed by atoms with Crippen molar-refractivity contribution in [3.63, 3.8) is 0 Å². The fraction of sp³-hybridized carbons (Fsp3) is 0.348. The fourth-order valence-corrected chi connectivity index (χ4v) is 3.61. The van der Waals surface area contributed by atoms with E-state index in [9.17, 15) is 42.3 Å². The molecule has 2 atom stereocenters. The van der Waals surface area contributed by atoms with Crippen molar-refractivity contribution in [2.75, 3.05) is 0 Å². The maximum atomic E-state index is 12.9. The summed E-state index contributed by atoms with van der Waals surface area (Å²) in [5, 5.41) is 11.4. The van der Waals surface area contributed by atoms with Crippen molar-refractivity contribution in [2.24, 2.45) is 5.92 Å². The van der Waals surface area contributed by atoms with Crippen molar-refractivity contribution in [3.8, 4) is 0 Å². The van der Waals surface area contributed by atoms with Crippen molar-refractivity contribution in [3.05, 3.63) is 79.4 Å². The Morgan fingerprint density at radius 1 is 1.03 bits per heavy atom. The summed E-state index contributed by atoms with van der Waals surface area (Å²) < 4.78 is 40.2. The number of rotatable bonds is 8. The number of aromatic amines is 1. The molecular formula is C23H23F3N4O6. The second-order valence-electron chi connectivity index (χ2n) is 8.47. The molecule has 0 aliphatic rings. The van der Waals surface area contributed by atoms with Crippen molar-refractivity contribution in [1.82, 2.24) is 19.4 Å². The summed E-state index contributed by atoms with van der Waals surface area (Å²) >= 11 is 0. The van der Waals surface area contributed by atoms with Gasteiger partial charge in [0.05, 0.1) is 18.0 Å². The molecule has 2 aromatic heterocycles. The second-order valence-corrected chi connectivity index (χ2v) is 8.47. The lowest BCUT2D eigenvalue weighted by atomic mass is 9.98. The molecule has 3 aromatic rings. The van der Waals surface area contributed by atoms with Crippen LogP contribution in [0.4, 0.5) is 13.2 Å². The van der Waals surface area contributed by atoms with E-state index in [-0.39, 0.29) is 10.9 Å². The standard InChI is InChI=1S/C23H23F3N4O6/c1-12(2)17(19(33)23(24,25)26)27-16(32)11-29-9-8-14-18(21(29)35)28-22(36)30(20(14)34)10-15(31)13-6-4-3-5-7-13/h3-9,12,17,19,33H,10-11H2,1-2H3,(H,27,32)(H,28,36). The number of hydrogen-bond acceptors (Lipinski definition) is 6. The minimum Gasteiger partial charge on any atom is -0.382 e. The quantitative estimate of drug-likeness (QED) is 0.384. The Bertz CT molecular complexity index is 1460. The van der Waals surface area contributed by atoms with Crippen LogP contribution in [-0.4, -0.2) is 49.2 Å². The van der Waals surface area contributed by atoms with Gasteiger partial charge in [-0.1, -0.05) is 44.2 Å². The molecule has 10 nitrogen and oxygen atoms in total. The Kier molecular flexibility index (Phi) is 7.62. The Balaban J connectivity index is 1.89. The maximum absolute atomic E-state index is 12.9. The number of fused-ring (bicyclic) bond motifs is 1. The highest BCUT2D eigenvalue weighted by molar-refractivity contribution is 5.96. The van der Waals surface area contributed by atoms with Crippen LogP contribution >= 0.6 is 0 Å². The Labute approximate surface area is 201 Å². The van der Waals surface area contributed by atoms with E-state index in [0.29, 0.717) is 4.57 Å². The van der Waals surface area contributed by atoms with Gasteiger partial charge < -0.3 is 20.0 Å². The molecule has 0 radical (unpaired) electrons. The number of hydrogen-bond donors (Lipinski definition) is 3. The molecule has 0 aliphatic heterocycles. The van der Waals surface area contributed by atoms with E-state index in [1.165, 1.54) is 26.0 Å². The molecule has 0 fully saturated rings. The van der Waals surface area contributed by atoms with E-state index in [0.717, 1.165) is 16.8 Å². The number of carbonyl (C=O) groups is 2. The van der Waals surface area contributed by atoms with E-state index in [1.807, 2.05) is 0 Å². The SMILES string of the molecule is CC(C)C(NC(=O)Cn1ccc2c(=O)n(CC(=O)c3ccccc3)c(=O)[nH]c2c1=O)C(O)C(F)(F)F. The summed E-state index contributed by atoms with van der Waals surface area (Å²) in [5.41, 5.74) is -3.03. The molecule has 36 heavy (non-hydrogen) atoms. The van der Waals surface area contributed by atoms with Crippen molar-refractivity contribution < 1.29 is 27.9 Å². The van der Waals surface area contributed by atoms with Crippen LogP contribution in [0.2, 0.25) is 0 Å². The van der Waals surface area contributed by atoms with Gasteiger partial charge in [0, 0.05) is 11.8 Å². The van der Waals surface area contributed by atoms with Gasteiger partial charge in [0.2, 0.25) is 5.91 Å². The largest absolute Gasteiger partial charge is 0.416 e. The van der Waals surface area contributed by atoms with Gasteiger partial charge in [0.1, 0.15) is 12.1 Å². The first kappa shape index (κ1) is 26.6. The third-order valence-corrected chi connectivity index (χ3v) is 5.55. The van der Waals surface area contributed by atoms with Gasteiger partial charge in [-0.25, -0.2) is 4.79 Å². The lowest BCUT2D eigenvalue weighted by Gasteiger charge is -2.28. The fourth-order valence-electron chi connectivity index (χ4n) is 3.61. The molecule has 0 spiro atoms. The first-order valence-corrected chi connectivity index (χ1v) is 10.8. The molecule has 2 unspecified atom stereocenters. The molecule has 3 rings (SSSR count). The second kappa shape index (κ2) is 10.3. The van der Waals surface area contributed by atoms with Gasteiger partial charge in [0.15, 0.2) is 11.9 Å². The zero-order valence-corrected chi connectivity index (χ0v) is 19.2. The molecule has 192 valence electrons. The zero-order chi connectivity index (χ0) is 26.8. The van der Waals surface area contributed by atoms with Crippen LogP contribution in [0.1, 0.15) is 24.2 Å². The first-order chi connectivity index (χ1) is 16.8. The number of aliphatic hydroxyl groups excluding tert-OH is 1. The van der Waals surface area contributed by atoms with E-state index in [1.54, 1.807) is 18.2 Å². The van der Waals surface area contributed by atoms with E-state index in [4.69, 9.17) is 0 Å². The average molecular weight is 508 g/mol. The summed E-state index contributed by atoms with van der Waals surface area (Å²) in [5.74, 6) is -2.29. The Morgan fingerprint density at radius 2 is 1.67 bits per heavy atom. The normalized spacial score (nSPS) is 13.5. The molecule has 1 aromatic carbocycles. The number of pyridine rings is 1. The van der Waals surface area contributed by atoms with Gasteiger partial charge in [0.25, 0.3) is 11.1 Å². The number of alkyl halides is 3. The molecule has 13 heteroatoms. The Hall–Kier alpha value is -4.00. The van der Waals surface area contributed by atoms with Crippen LogP contribution in [0.5, 0.6) is 0 Å². The minimum atomic E-state index is -4.97. The molecule has 1 amide bonds. The van der Waals surface area contributed by atoms with Gasteiger partial charge in [-0.05, 0) is 12.0 Å². The number of aliphatic hydroxyl groups is 1. The summed E-state index contributed by atoms with van der Waals surface area (Å²) in [6, 6.07) is 7.45. The summed E-state index contributed by atoms with van der Waals surface area (Å²) in [6.07, 6.45) is -6.72. The van der Waals surface area contributed by atoms with Crippen molar-refractivity contribution in [1.29, 1.82) is 0 Å². The number of nitrogens with zero attached hydrogens (tertiary/aromatic N) is 2. The third-order valence-electron chi connectivity index (χ3n) is 5.55. The molecule has 0 bridgehead atoms. The number of halogens is 3. The van der Waals surface area contributed by atoms with E-state index >= 15 is 0 Å². The van der Waals surface area contributed by atoms with Crippen LogP contribution in [0.25, 0.3) is 10.9 Å². The topological polar surface area (TPSA) is 143 Å². The summed E-state index contributed by atoms with van der Waals surface area (Å²) in [7, 11) is 0. The van der Waals surface area contributed by atoms with Crippen LogP contribution in [0.3, 0.4) is 0 Å². The minimum absolute atomic E-state index is 0.218.